The lowest BCUT2D eigenvalue weighted by Gasteiger charge is -2.24. The summed E-state index contributed by atoms with van der Waals surface area (Å²) < 4.78 is 0. The zero-order valence-corrected chi connectivity index (χ0v) is 13.1. The van der Waals surface area contributed by atoms with Crippen molar-refractivity contribution < 1.29 is 4.79 Å². The van der Waals surface area contributed by atoms with Gasteiger partial charge in [0, 0.05) is 23.7 Å². The van der Waals surface area contributed by atoms with Crippen molar-refractivity contribution in [2.24, 2.45) is 5.92 Å². The van der Waals surface area contributed by atoms with Gasteiger partial charge in [0.25, 0.3) is 0 Å². The van der Waals surface area contributed by atoms with Crippen LogP contribution in [0.2, 0.25) is 0 Å². The second-order valence-electron chi connectivity index (χ2n) is 7.83. The minimum absolute atomic E-state index is 0.0510. The van der Waals surface area contributed by atoms with E-state index in [1.54, 1.807) is 0 Å². The fraction of sp³-hybridized carbons (Fsp3) is 0.632. The summed E-state index contributed by atoms with van der Waals surface area (Å²) in [6, 6.07) is 9.21. The van der Waals surface area contributed by atoms with Gasteiger partial charge in [-0.1, -0.05) is 31.0 Å². The van der Waals surface area contributed by atoms with Crippen LogP contribution < -0.4 is 10.2 Å². The highest BCUT2D eigenvalue weighted by Gasteiger charge is 2.54. The van der Waals surface area contributed by atoms with Gasteiger partial charge < -0.3 is 10.2 Å². The molecular formula is C19H24N2O. The first-order chi connectivity index (χ1) is 10.8. The van der Waals surface area contributed by atoms with Crippen molar-refractivity contribution in [2.45, 2.75) is 62.4 Å². The molecule has 22 heavy (non-hydrogen) atoms. The molecular weight excluding hydrogens is 272 g/mol. The summed E-state index contributed by atoms with van der Waals surface area (Å²) in [6.45, 7) is 0.915. The third-order valence-corrected chi connectivity index (χ3v) is 6.51. The molecule has 2 heterocycles. The van der Waals surface area contributed by atoms with Crippen LogP contribution in [-0.2, 0) is 10.2 Å². The van der Waals surface area contributed by atoms with Crippen LogP contribution in [0.1, 0.15) is 50.5 Å². The van der Waals surface area contributed by atoms with Gasteiger partial charge >= 0.3 is 0 Å². The largest absolute Gasteiger partial charge is 0.310 e. The Hall–Kier alpha value is -1.35. The van der Waals surface area contributed by atoms with Gasteiger partial charge in [0.1, 0.15) is 0 Å². The average Bonchev–Trinajstić information content (AvgIpc) is 3.08. The van der Waals surface area contributed by atoms with Crippen molar-refractivity contribution >= 4 is 11.6 Å². The number of benzene rings is 1. The highest BCUT2D eigenvalue weighted by atomic mass is 16.2. The van der Waals surface area contributed by atoms with Crippen LogP contribution in [0.15, 0.2) is 24.3 Å². The van der Waals surface area contributed by atoms with E-state index in [1.807, 2.05) is 0 Å². The van der Waals surface area contributed by atoms with Gasteiger partial charge in [-0.05, 0) is 49.7 Å². The molecule has 3 nitrogen and oxygen atoms in total. The predicted octanol–water partition coefficient (Wildman–Crippen LogP) is 2.99. The highest BCUT2D eigenvalue weighted by molar-refractivity contribution is 6.00. The molecule has 0 aromatic heterocycles. The Labute approximate surface area is 132 Å². The number of hydrogen-bond acceptors (Lipinski definition) is 2. The first-order valence-electron chi connectivity index (χ1n) is 8.94. The maximum Gasteiger partial charge on any atom is 0.244 e. The van der Waals surface area contributed by atoms with Crippen LogP contribution in [0.4, 0.5) is 5.69 Å². The van der Waals surface area contributed by atoms with Crippen LogP contribution >= 0.6 is 0 Å². The molecule has 2 aliphatic carbocycles. The van der Waals surface area contributed by atoms with Gasteiger partial charge in [0.15, 0.2) is 0 Å². The Bertz CT molecular complexity index is 608. The molecule has 0 radical (unpaired) electrons. The molecule has 2 saturated carbocycles. The first kappa shape index (κ1) is 13.1. The van der Waals surface area contributed by atoms with Crippen molar-refractivity contribution in [1.29, 1.82) is 0 Å². The molecule has 3 heteroatoms. The fourth-order valence-corrected chi connectivity index (χ4v) is 5.10. The van der Waals surface area contributed by atoms with Crippen molar-refractivity contribution in [2.75, 3.05) is 11.4 Å². The summed E-state index contributed by atoms with van der Waals surface area (Å²) in [7, 11) is 0. The number of carbonyl (C=O) groups excluding carboxylic acids is 1. The monoisotopic (exact) mass is 296 g/mol. The van der Waals surface area contributed by atoms with Gasteiger partial charge in [-0.15, -0.1) is 0 Å². The number of para-hydroxylation sites is 1. The molecule has 3 fully saturated rings. The number of amides is 1. The summed E-state index contributed by atoms with van der Waals surface area (Å²) in [4.78, 5) is 15.2. The molecule has 5 rings (SSSR count). The Morgan fingerprint density at radius 1 is 1.18 bits per heavy atom. The molecule has 1 aromatic carbocycles. The van der Waals surface area contributed by atoms with Crippen molar-refractivity contribution in [3.8, 4) is 0 Å². The number of nitrogens with one attached hydrogen (secondary N) is 1. The molecule has 4 aliphatic rings. The second-order valence-corrected chi connectivity index (χ2v) is 7.83. The predicted molar refractivity (Wildman–Crippen MR) is 87.0 cm³/mol. The quantitative estimate of drug-likeness (QED) is 0.864. The van der Waals surface area contributed by atoms with Gasteiger partial charge in [0.2, 0.25) is 5.91 Å². The average molecular weight is 296 g/mol. The maximum atomic E-state index is 13.1. The zero-order chi connectivity index (χ0) is 14.7. The van der Waals surface area contributed by atoms with Crippen molar-refractivity contribution in [3.63, 3.8) is 0 Å². The summed E-state index contributed by atoms with van der Waals surface area (Å²) in [5.41, 5.74) is 2.90. The van der Waals surface area contributed by atoms with Crippen LogP contribution in [0, 0.1) is 5.92 Å². The summed E-state index contributed by atoms with van der Waals surface area (Å²) >= 11 is 0. The molecule has 3 unspecified atom stereocenters. The van der Waals surface area contributed by atoms with E-state index in [4.69, 9.17) is 0 Å². The fourth-order valence-electron chi connectivity index (χ4n) is 5.10. The van der Waals surface area contributed by atoms with E-state index >= 15 is 0 Å². The molecule has 0 bridgehead atoms. The third-order valence-electron chi connectivity index (χ3n) is 6.51. The SMILES string of the molecule is O=C(C1CC2CCCCC2N1)N1CC2(CC2)c2ccccc21. The maximum absolute atomic E-state index is 13.1. The summed E-state index contributed by atoms with van der Waals surface area (Å²) in [6.07, 6.45) is 8.78. The van der Waals surface area contributed by atoms with E-state index in [0.717, 1.165) is 18.9 Å². The number of rotatable bonds is 1. The van der Waals surface area contributed by atoms with E-state index in [2.05, 4.69) is 34.5 Å². The lowest BCUT2D eigenvalue weighted by atomic mass is 9.85. The molecule has 1 spiro atoms. The van der Waals surface area contributed by atoms with Gasteiger partial charge in [-0.2, -0.15) is 0 Å². The smallest absolute Gasteiger partial charge is 0.244 e. The summed E-state index contributed by atoms with van der Waals surface area (Å²) in [5.74, 6) is 1.06. The van der Waals surface area contributed by atoms with E-state index < -0.39 is 0 Å². The number of anilines is 1. The van der Waals surface area contributed by atoms with Crippen molar-refractivity contribution in [3.05, 3.63) is 29.8 Å². The topological polar surface area (TPSA) is 32.3 Å². The first-order valence-corrected chi connectivity index (χ1v) is 8.94. The third kappa shape index (κ3) is 1.81. The molecule has 1 amide bonds. The Morgan fingerprint density at radius 2 is 2.00 bits per heavy atom. The van der Waals surface area contributed by atoms with Crippen LogP contribution in [0.25, 0.3) is 0 Å². The van der Waals surface area contributed by atoms with Gasteiger partial charge in [-0.25, -0.2) is 0 Å². The Balaban J connectivity index is 1.40. The molecule has 1 aromatic rings. The number of fused-ring (bicyclic) bond motifs is 3. The highest BCUT2D eigenvalue weighted by Crippen LogP contribution is 2.56. The Morgan fingerprint density at radius 3 is 2.82 bits per heavy atom. The van der Waals surface area contributed by atoms with Crippen LogP contribution in [-0.4, -0.2) is 24.5 Å². The molecule has 1 N–H and O–H groups in total. The van der Waals surface area contributed by atoms with Crippen molar-refractivity contribution in [1.82, 2.24) is 5.32 Å². The molecule has 3 atom stereocenters. The normalized spacial score (nSPS) is 34.5. The van der Waals surface area contributed by atoms with Crippen LogP contribution in [0.3, 0.4) is 0 Å². The van der Waals surface area contributed by atoms with Gasteiger partial charge in [-0.3, -0.25) is 4.79 Å². The summed E-state index contributed by atoms with van der Waals surface area (Å²) in [5, 5.41) is 3.66. The van der Waals surface area contributed by atoms with E-state index in [0.29, 0.717) is 17.4 Å². The van der Waals surface area contributed by atoms with E-state index in [9.17, 15) is 4.79 Å². The number of carbonyl (C=O) groups is 1. The number of nitrogens with zero attached hydrogens (tertiary/aromatic N) is 1. The molecule has 1 saturated heterocycles. The lowest BCUT2D eigenvalue weighted by molar-refractivity contribution is -0.120. The zero-order valence-electron chi connectivity index (χ0n) is 13.1. The molecule has 116 valence electrons. The minimum atomic E-state index is 0.0510. The van der Waals surface area contributed by atoms with Gasteiger partial charge in [0.05, 0.1) is 6.04 Å². The van der Waals surface area contributed by atoms with E-state index in [-0.39, 0.29) is 6.04 Å². The standard InChI is InChI=1S/C19H24N2O/c22-18(16-11-13-5-1-3-7-15(13)20-16)21-12-19(9-10-19)14-6-2-4-8-17(14)21/h2,4,6,8,13,15-16,20H,1,3,5,7,9-12H2. The Kier molecular flexibility index (Phi) is 2.73. The second kappa shape index (κ2) is 4.58. The van der Waals surface area contributed by atoms with E-state index in [1.165, 1.54) is 49.8 Å². The minimum Gasteiger partial charge on any atom is -0.310 e. The lowest BCUT2D eigenvalue weighted by Crippen LogP contribution is -2.45. The number of hydrogen-bond donors (Lipinski definition) is 1. The van der Waals surface area contributed by atoms with Crippen LogP contribution in [0.5, 0.6) is 0 Å². The molecule has 2 aliphatic heterocycles.